The Morgan fingerprint density at radius 3 is 1.94 bits per heavy atom. The Morgan fingerprint density at radius 2 is 1.11 bits per heavy atom. The van der Waals surface area contributed by atoms with Crippen LogP contribution in [-0.2, 0) is 0 Å². The third kappa shape index (κ3) is 2.42. The van der Waals surface area contributed by atoms with Crippen LogP contribution >= 0.6 is 0 Å². The van der Waals surface area contributed by atoms with E-state index in [1.54, 1.807) is 0 Å². The molecule has 0 atom stereocenters. The number of nitrogens with zero attached hydrogens (tertiary/aromatic N) is 3. The van der Waals surface area contributed by atoms with E-state index >= 15 is 0 Å². The summed E-state index contributed by atoms with van der Waals surface area (Å²) in [7, 11) is 0. The Kier molecular flexibility index (Phi) is 3.85. The first-order valence-electron chi connectivity index (χ1n) is 12.7. The van der Waals surface area contributed by atoms with E-state index in [2.05, 4.69) is 137 Å². The van der Waals surface area contributed by atoms with Gasteiger partial charge in [-0.2, -0.15) is 0 Å². The average molecular weight is 464 g/mol. The monoisotopic (exact) mass is 463 g/mol. The molecule has 0 N–H and O–H groups in total. The summed E-state index contributed by atoms with van der Waals surface area (Å²) in [6, 6.07) is 40.2. The summed E-state index contributed by atoms with van der Waals surface area (Å²) in [6.07, 6.45) is 0. The minimum Gasteiger partial charge on any atom is -0.335 e. The van der Waals surface area contributed by atoms with E-state index in [9.17, 15) is 0 Å². The molecule has 0 aliphatic carbocycles. The van der Waals surface area contributed by atoms with Crippen LogP contribution in [0.25, 0.3) is 55.0 Å². The van der Waals surface area contributed by atoms with Gasteiger partial charge >= 0.3 is 0 Å². The minimum absolute atomic E-state index is 0.356. The number of benzene rings is 5. The van der Waals surface area contributed by atoms with Crippen LogP contribution in [0.5, 0.6) is 0 Å². The molecule has 2 aromatic heterocycles. The van der Waals surface area contributed by atoms with E-state index in [4.69, 9.17) is 0 Å². The van der Waals surface area contributed by atoms with E-state index < -0.39 is 0 Å². The van der Waals surface area contributed by atoms with Gasteiger partial charge in [-0.1, -0.05) is 60.7 Å². The van der Waals surface area contributed by atoms with Crippen molar-refractivity contribution >= 4 is 55.0 Å². The predicted molar refractivity (Wildman–Crippen MR) is 152 cm³/mol. The molecule has 0 radical (unpaired) electrons. The highest BCUT2D eigenvalue weighted by atomic mass is 15.2. The second-order valence-electron chi connectivity index (χ2n) is 10.0. The van der Waals surface area contributed by atoms with Crippen molar-refractivity contribution < 1.29 is 0 Å². The molecule has 0 bridgehead atoms. The Morgan fingerprint density at radius 1 is 0.472 bits per heavy atom. The van der Waals surface area contributed by atoms with Crippen LogP contribution in [0.2, 0.25) is 0 Å². The maximum absolute atomic E-state index is 2.49. The summed E-state index contributed by atoms with van der Waals surface area (Å²) in [5.74, 6) is 0. The lowest BCUT2D eigenvalue weighted by Gasteiger charge is -2.35. The third-order valence-corrected chi connectivity index (χ3v) is 7.73. The van der Waals surface area contributed by atoms with Gasteiger partial charge in [-0.3, -0.25) is 0 Å². The Labute approximate surface area is 209 Å². The van der Waals surface area contributed by atoms with Crippen molar-refractivity contribution in [2.75, 3.05) is 4.90 Å². The maximum Gasteiger partial charge on any atom is 0.0779 e. The number of hydrogen-bond acceptors (Lipinski definition) is 1. The zero-order chi connectivity index (χ0) is 24.0. The van der Waals surface area contributed by atoms with Crippen molar-refractivity contribution in [1.82, 2.24) is 9.13 Å². The smallest absolute Gasteiger partial charge is 0.0779 e. The Balaban J connectivity index is 1.60. The number of para-hydroxylation sites is 5. The fraction of sp³-hybridized carbons (Fsp3) is 0.0909. The average Bonchev–Trinajstić information content (AvgIpc) is 3.41. The molecule has 0 spiro atoms. The van der Waals surface area contributed by atoms with Crippen LogP contribution in [0, 0.1) is 0 Å². The Bertz CT molecular complexity index is 1970. The molecule has 3 nitrogen and oxygen atoms in total. The molecule has 5 aromatic carbocycles. The third-order valence-electron chi connectivity index (χ3n) is 7.73. The van der Waals surface area contributed by atoms with Gasteiger partial charge < -0.3 is 14.0 Å². The fourth-order valence-electron chi connectivity index (χ4n) is 6.35. The minimum atomic E-state index is 0.356. The quantitative estimate of drug-likeness (QED) is 0.250. The summed E-state index contributed by atoms with van der Waals surface area (Å²) in [6.45, 7) is 4.55. The van der Waals surface area contributed by atoms with Gasteiger partial charge in [0.1, 0.15) is 0 Å². The van der Waals surface area contributed by atoms with Crippen molar-refractivity contribution in [3.63, 3.8) is 0 Å². The van der Waals surface area contributed by atoms with E-state index in [1.165, 1.54) is 66.4 Å². The van der Waals surface area contributed by atoms with Crippen molar-refractivity contribution in [3.05, 3.63) is 109 Å². The van der Waals surface area contributed by atoms with E-state index in [0.717, 1.165) is 0 Å². The molecule has 3 heterocycles. The molecule has 7 aromatic rings. The first-order valence-corrected chi connectivity index (χ1v) is 12.7. The largest absolute Gasteiger partial charge is 0.335 e. The summed E-state index contributed by atoms with van der Waals surface area (Å²) >= 11 is 0. The number of fused-ring (bicyclic) bond motifs is 8. The van der Waals surface area contributed by atoms with Crippen LogP contribution in [0.3, 0.4) is 0 Å². The van der Waals surface area contributed by atoms with E-state index in [0.29, 0.717) is 6.04 Å². The Hall–Kier alpha value is -4.50. The van der Waals surface area contributed by atoms with Crippen molar-refractivity contribution in [2.45, 2.75) is 19.9 Å². The summed E-state index contributed by atoms with van der Waals surface area (Å²) in [4.78, 5) is 2.48. The van der Waals surface area contributed by atoms with Crippen molar-refractivity contribution in [2.24, 2.45) is 0 Å². The first-order chi connectivity index (χ1) is 17.7. The molecular weight excluding hydrogens is 438 g/mol. The molecular formula is C33H25N3. The number of anilines is 2. The molecule has 0 amide bonds. The molecule has 0 unspecified atom stereocenters. The number of aromatic nitrogens is 2. The van der Waals surface area contributed by atoms with Gasteiger partial charge in [0.25, 0.3) is 0 Å². The predicted octanol–water partition coefficient (Wildman–Crippen LogP) is 8.74. The van der Waals surface area contributed by atoms with Crippen LogP contribution in [0.1, 0.15) is 13.8 Å². The summed E-state index contributed by atoms with van der Waals surface area (Å²) < 4.78 is 4.89. The van der Waals surface area contributed by atoms with Crippen LogP contribution in [0.15, 0.2) is 109 Å². The SMILES string of the molecule is CC(C)N1c2ccccc2-n2c3cc4c(cc3c3cccc1c32)c1ccccc1n4-c1ccccc1. The van der Waals surface area contributed by atoms with E-state index in [-0.39, 0.29) is 0 Å². The molecule has 0 saturated carbocycles. The van der Waals surface area contributed by atoms with Gasteiger partial charge in [-0.25, -0.2) is 0 Å². The molecule has 1 aliphatic rings. The second-order valence-corrected chi connectivity index (χ2v) is 10.0. The molecule has 0 saturated heterocycles. The molecule has 8 rings (SSSR count). The lowest BCUT2D eigenvalue weighted by atomic mass is 10.1. The fourth-order valence-corrected chi connectivity index (χ4v) is 6.35. The van der Waals surface area contributed by atoms with Gasteiger partial charge in [-0.05, 0) is 62.4 Å². The molecule has 1 aliphatic heterocycles. The zero-order valence-corrected chi connectivity index (χ0v) is 20.3. The summed E-state index contributed by atoms with van der Waals surface area (Å²) in [5, 5.41) is 5.19. The van der Waals surface area contributed by atoms with Crippen LogP contribution < -0.4 is 4.90 Å². The highest BCUT2D eigenvalue weighted by molar-refractivity contribution is 6.21. The molecule has 172 valence electrons. The van der Waals surface area contributed by atoms with E-state index in [1.807, 2.05) is 0 Å². The highest BCUT2D eigenvalue weighted by Crippen LogP contribution is 2.48. The van der Waals surface area contributed by atoms with Gasteiger partial charge in [-0.15, -0.1) is 0 Å². The molecule has 0 fully saturated rings. The number of hydrogen-bond donors (Lipinski definition) is 0. The molecule has 36 heavy (non-hydrogen) atoms. The normalized spacial score (nSPS) is 12.9. The lowest BCUT2D eigenvalue weighted by Crippen LogP contribution is -2.29. The van der Waals surface area contributed by atoms with Gasteiger partial charge in [0, 0.05) is 33.3 Å². The molecule has 3 heteroatoms. The first kappa shape index (κ1) is 19.8. The van der Waals surface area contributed by atoms with Crippen molar-refractivity contribution in [3.8, 4) is 11.4 Å². The van der Waals surface area contributed by atoms with Crippen molar-refractivity contribution in [1.29, 1.82) is 0 Å². The highest BCUT2D eigenvalue weighted by Gasteiger charge is 2.29. The number of rotatable bonds is 2. The lowest BCUT2D eigenvalue weighted by molar-refractivity contribution is 0.781. The standard InChI is InChI=1S/C33H25N3/c1-21(2)34-28-16-8-9-17-29(28)36-32-20-31-25(19-26(32)24-14-10-18-30(34)33(24)36)23-13-6-7-15-27(23)35(31)22-11-4-3-5-12-22/h3-21H,1-2H3. The summed E-state index contributed by atoms with van der Waals surface area (Å²) in [5.41, 5.74) is 9.98. The van der Waals surface area contributed by atoms with Gasteiger partial charge in [0.2, 0.25) is 0 Å². The van der Waals surface area contributed by atoms with Gasteiger partial charge in [0.05, 0.1) is 39.1 Å². The zero-order valence-electron chi connectivity index (χ0n) is 20.3. The maximum atomic E-state index is 2.49. The van der Waals surface area contributed by atoms with Crippen LogP contribution in [-0.4, -0.2) is 15.2 Å². The second kappa shape index (κ2) is 7.02. The van der Waals surface area contributed by atoms with Gasteiger partial charge in [0.15, 0.2) is 0 Å². The topological polar surface area (TPSA) is 13.1 Å². The van der Waals surface area contributed by atoms with Crippen LogP contribution in [0.4, 0.5) is 11.4 Å².